The molecule has 0 nitrogen and oxygen atoms in total. The van der Waals surface area contributed by atoms with Crippen LogP contribution in [-0.4, -0.2) is 0 Å². The van der Waals surface area contributed by atoms with E-state index in [1.807, 2.05) is 0 Å². The zero-order valence-electron chi connectivity index (χ0n) is 15.4. The van der Waals surface area contributed by atoms with Crippen LogP contribution in [0.1, 0.15) is 91.5 Å². The SMILES string of the molecule is CCc1c(C(C)(C)C)cc(C(C)(C)C)cc1C(C)(C)C. The van der Waals surface area contributed by atoms with Gasteiger partial charge in [-0.1, -0.05) is 81.4 Å². The molecule has 0 bridgehead atoms. The lowest BCUT2D eigenvalue weighted by Crippen LogP contribution is -2.24. The van der Waals surface area contributed by atoms with Crippen LogP contribution in [0, 0.1) is 0 Å². The second-order valence-electron chi connectivity index (χ2n) is 9.15. The minimum atomic E-state index is 0.201. The average molecular weight is 274 g/mol. The lowest BCUT2D eigenvalue weighted by atomic mass is 9.72. The van der Waals surface area contributed by atoms with Crippen molar-refractivity contribution in [1.29, 1.82) is 0 Å². The van der Waals surface area contributed by atoms with Gasteiger partial charge in [-0.05, 0) is 44.9 Å². The predicted molar refractivity (Wildman–Crippen MR) is 91.9 cm³/mol. The second kappa shape index (κ2) is 5.20. The third-order valence-corrected chi connectivity index (χ3v) is 4.09. The molecule has 0 aliphatic heterocycles. The lowest BCUT2D eigenvalue weighted by Gasteiger charge is -2.33. The number of hydrogen-bond acceptors (Lipinski definition) is 0. The number of hydrogen-bond donors (Lipinski definition) is 0. The standard InChI is InChI=1S/C20H34/c1-11-15-16(19(5,6)7)12-14(18(2,3)4)13-17(15)20(8,9)10/h12-13H,11H2,1-10H3. The minimum absolute atomic E-state index is 0.201. The Balaban J connectivity index is 3.75. The first-order valence-corrected chi connectivity index (χ1v) is 7.97. The molecule has 0 aliphatic carbocycles. The fraction of sp³-hybridized carbons (Fsp3) is 0.700. The lowest BCUT2D eigenvalue weighted by molar-refractivity contribution is 0.539. The summed E-state index contributed by atoms with van der Waals surface area (Å²) in [5, 5.41) is 0. The van der Waals surface area contributed by atoms with Crippen molar-refractivity contribution in [2.75, 3.05) is 0 Å². The summed E-state index contributed by atoms with van der Waals surface area (Å²) in [5.41, 5.74) is 6.67. The molecule has 0 saturated heterocycles. The highest BCUT2D eigenvalue weighted by molar-refractivity contribution is 5.47. The van der Waals surface area contributed by atoms with Crippen LogP contribution >= 0.6 is 0 Å². The number of rotatable bonds is 1. The summed E-state index contributed by atoms with van der Waals surface area (Å²) < 4.78 is 0. The molecule has 0 amide bonds. The van der Waals surface area contributed by atoms with Gasteiger partial charge in [0.15, 0.2) is 0 Å². The summed E-state index contributed by atoms with van der Waals surface area (Å²) in [5.74, 6) is 0. The smallest absolute Gasteiger partial charge is 0.0129 e. The van der Waals surface area contributed by atoms with Gasteiger partial charge in [0.25, 0.3) is 0 Å². The Hall–Kier alpha value is -0.780. The molecule has 0 heterocycles. The zero-order valence-corrected chi connectivity index (χ0v) is 15.4. The molecule has 0 radical (unpaired) electrons. The summed E-state index contributed by atoms with van der Waals surface area (Å²) in [6.45, 7) is 23.2. The van der Waals surface area contributed by atoms with Crippen molar-refractivity contribution in [2.45, 2.75) is 91.9 Å². The first-order valence-electron chi connectivity index (χ1n) is 7.97. The molecule has 114 valence electrons. The maximum absolute atomic E-state index is 2.45. The van der Waals surface area contributed by atoms with Crippen LogP contribution in [0.2, 0.25) is 0 Å². The molecule has 0 spiro atoms. The van der Waals surface area contributed by atoms with Crippen molar-refractivity contribution in [3.8, 4) is 0 Å². The van der Waals surface area contributed by atoms with Crippen LogP contribution in [0.15, 0.2) is 12.1 Å². The average Bonchev–Trinajstić information content (AvgIpc) is 2.23. The number of benzene rings is 1. The Morgan fingerprint density at radius 1 is 0.650 bits per heavy atom. The third-order valence-electron chi connectivity index (χ3n) is 4.09. The highest BCUT2D eigenvalue weighted by atomic mass is 14.3. The fourth-order valence-electron chi connectivity index (χ4n) is 2.82. The molecule has 0 saturated carbocycles. The van der Waals surface area contributed by atoms with Crippen molar-refractivity contribution >= 4 is 0 Å². The van der Waals surface area contributed by atoms with Gasteiger partial charge in [-0.2, -0.15) is 0 Å². The predicted octanol–water partition coefficient (Wildman–Crippen LogP) is 6.14. The third kappa shape index (κ3) is 3.65. The Labute approximate surface area is 127 Å². The molecule has 0 unspecified atom stereocenters. The summed E-state index contributed by atoms with van der Waals surface area (Å²) in [4.78, 5) is 0. The highest BCUT2D eigenvalue weighted by Crippen LogP contribution is 2.38. The molecular formula is C20H34. The molecule has 1 aromatic rings. The van der Waals surface area contributed by atoms with Crippen molar-refractivity contribution in [3.63, 3.8) is 0 Å². The fourth-order valence-corrected chi connectivity index (χ4v) is 2.82. The summed E-state index contributed by atoms with van der Waals surface area (Å²) in [7, 11) is 0. The van der Waals surface area contributed by atoms with Gasteiger partial charge < -0.3 is 0 Å². The highest BCUT2D eigenvalue weighted by Gasteiger charge is 2.27. The summed E-state index contributed by atoms with van der Waals surface area (Å²) in [6.07, 6.45) is 1.11. The van der Waals surface area contributed by atoms with Crippen LogP contribution in [0.25, 0.3) is 0 Å². The van der Waals surface area contributed by atoms with Crippen molar-refractivity contribution < 1.29 is 0 Å². The van der Waals surface area contributed by atoms with E-state index in [4.69, 9.17) is 0 Å². The van der Waals surface area contributed by atoms with Gasteiger partial charge >= 0.3 is 0 Å². The van der Waals surface area contributed by atoms with Crippen LogP contribution in [-0.2, 0) is 22.7 Å². The molecule has 0 heteroatoms. The Bertz CT molecular complexity index is 435. The topological polar surface area (TPSA) is 0 Å². The largest absolute Gasteiger partial charge is 0.0613 e. The van der Waals surface area contributed by atoms with Gasteiger partial charge in [-0.25, -0.2) is 0 Å². The van der Waals surface area contributed by atoms with Crippen LogP contribution in [0.5, 0.6) is 0 Å². The van der Waals surface area contributed by atoms with Gasteiger partial charge in [0.1, 0.15) is 0 Å². The van der Waals surface area contributed by atoms with Crippen LogP contribution in [0.4, 0.5) is 0 Å². The van der Waals surface area contributed by atoms with Crippen molar-refractivity contribution in [3.05, 3.63) is 34.4 Å². The minimum Gasteiger partial charge on any atom is -0.0613 e. The molecule has 1 rings (SSSR count). The van der Waals surface area contributed by atoms with E-state index in [2.05, 4.69) is 81.4 Å². The monoisotopic (exact) mass is 274 g/mol. The molecule has 0 aromatic heterocycles. The summed E-state index contributed by atoms with van der Waals surface area (Å²) in [6, 6.07) is 4.90. The van der Waals surface area contributed by atoms with Crippen molar-refractivity contribution in [1.82, 2.24) is 0 Å². The zero-order chi connectivity index (χ0) is 15.9. The van der Waals surface area contributed by atoms with E-state index in [1.165, 1.54) is 16.7 Å². The van der Waals surface area contributed by atoms with Crippen LogP contribution in [0.3, 0.4) is 0 Å². The van der Waals surface area contributed by atoms with E-state index in [-0.39, 0.29) is 16.2 Å². The van der Waals surface area contributed by atoms with Crippen molar-refractivity contribution in [2.24, 2.45) is 0 Å². The van der Waals surface area contributed by atoms with E-state index in [1.54, 1.807) is 5.56 Å². The molecule has 0 atom stereocenters. The Kier molecular flexibility index (Phi) is 4.49. The quantitative estimate of drug-likeness (QED) is 0.577. The molecular weight excluding hydrogens is 240 g/mol. The van der Waals surface area contributed by atoms with Crippen LogP contribution < -0.4 is 0 Å². The molecule has 20 heavy (non-hydrogen) atoms. The normalized spacial score (nSPS) is 13.7. The molecule has 0 N–H and O–H groups in total. The molecule has 1 aromatic carbocycles. The molecule has 0 fully saturated rings. The van der Waals surface area contributed by atoms with Gasteiger partial charge in [0, 0.05) is 0 Å². The van der Waals surface area contributed by atoms with E-state index in [0.717, 1.165) is 6.42 Å². The van der Waals surface area contributed by atoms with Gasteiger partial charge in [-0.15, -0.1) is 0 Å². The maximum Gasteiger partial charge on any atom is -0.0129 e. The van der Waals surface area contributed by atoms with Gasteiger partial charge in [0.05, 0.1) is 0 Å². The Morgan fingerprint density at radius 2 is 1.00 bits per heavy atom. The van der Waals surface area contributed by atoms with E-state index >= 15 is 0 Å². The summed E-state index contributed by atoms with van der Waals surface area (Å²) >= 11 is 0. The van der Waals surface area contributed by atoms with E-state index in [9.17, 15) is 0 Å². The maximum atomic E-state index is 2.45. The Morgan fingerprint density at radius 3 is 1.20 bits per heavy atom. The van der Waals surface area contributed by atoms with Gasteiger partial charge in [0.2, 0.25) is 0 Å². The first-order chi connectivity index (χ1) is 8.78. The van der Waals surface area contributed by atoms with Gasteiger partial charge in [-0.3, -0.25) is 0 Å². The first kappa shape index (κ1) is 17.3. The second-order valence-corrected chi connectivity index (χ2v) is 9.15. The van der Waals surface area contributed by atoms with E-state index in [0.29, 0.717) is 0 Å². The van der Waals surface area contributed by atoms with E-state index < -0.39 is 0 Å². The molecule has 0 aliphatic rings.